The molecule has 100 valence electrons. The summed E-state index contributed by atoms with van der Waals surface area (Å²) < 4.78 is 11.8. The van der Waals surface area contributed by atoms with E-state index in [4.69, 9.17) is 15.2 Å². The van der Waals surface area contributed by atoms with Gasteiger partial charge in [0.15, 0.2) is 11.5 Å². The highest BCUT2D eigenvalue weighted by Crippen LogP contribution is 2.49. The number of nitrogens with two attached hydrogens (primary N) is 1. The highest BCUT2D eigenvalue weighted by Gasteiger charge is 2.39. The summed E-state index contributed by atoms with van der Waals surface area (Å²) >= 11 is 3.61. The third-order valence-corrected chi connectivity index (χ3v) is 5.08. The van der Waals surface area contributed by atoms with Crippen LogP contribution in [-0.4, -0.2) is 20.8 Å². The van der Waals surface area contributed by atoms with Crippen molar-refractivity contribution in [2.24, 2.45) is 5.73 Å². The molecule has 0 aromatic heterocycles. The zero-order chi connectivity index (χ0) is 13.3. The average Bonchev–Trinajstić information content (AvgIpc) is 2.33. The third-order valence-electron chi connectivity index (χ3n) is 4.13. The van der Waals surface area contributed by atoms with Gasteiger partial charge in [-0.1, -0.05) is 6.42 Å². The van der Waals surface area contributed by atoms with Gasteiger partial charge in [-0.25, -0.2) is 0 Å². The minimum absolute atomic E-state index is 0.131. The molecule has 4 heteroatoms. The molecule has 3 nitrogen and oxygen atoms in total. The van der Waals surface area contributed by atoms with Crippen LogP contribution in [0.25, 0.3) is 0 Å². The number of hydrogen-bond acceptors (Lipinski definition) is 3. The first-order valence-electron chi connectivity index (χ1n) is 6.21. The second-order valence-electron chi connectivity index (χ2n) is 4.94. The lowest BCUT2D eigenvalue weighted by atomic mass is 9.63. The molecule has 0 radical (unpaired) electrons. The van der Waals surface area contributed by atoms with E-state index >= 15 is 0 Å². The summed E-state index contributed by atoms with van der Waals surface area (Å²) in [5.74, 6) is 1.52. The summed E-state index contributed by atoms with van der Waals surface area (Å²) in [4.78, 5) is 0. The third kappa shape index (κ3) is 1.91. The minimum atomic E-state index is 0.131. The first kappa shape index (κ1) is 13.7. The lowest BCUT2D eigenvalue weighted by molar-refractivity contribution is 0.250. The van der Waals surface area contributed by atoms with Gasteiger partial charge in [0.1, 0.15) is 0 Å². The molecule has 0 amide bonds. The molecule has 2 rings (SSSR count). The molecule has 1 fully saturated rings. The fourth-order valence-corrected chi connectivity index (χ4v) is 3.35. The number of methoxy groups -OCH3 is 2. The Labute approximate surface area is 117 Å². The van der Waals surface area contributed by atoms with Crippen LogP contribution in [0.3, 0.4) is 0 Å². The predicted octanol–water partition coefficient (Wildman–Crippen LogP) is 3.16. The number of hydrogen-bond donors (Lipinski definition) is 1. The number of halogens is 1. The highest BCUT2D eigenvalue weighted by atomic mass is 79.9. The zero-order valence-corrected chi connectivity index (χ0v) is 12.8. The van der Waals surface area contributed by atoms with E-state index in [1.807, 2.05) is 0 Å². The van der Waals surface area contributed by atoms with Crippen LogP contribution in [0.4, 0.5) is 0 Å². The van der Waals surface area contributed by atoms with Crippen molar-refractivity contribution in [1.29, 1.82) is 0 Å². The van der Waals surface area contributed by atoms with E-state index in [0.29, 0.717) is 6.54 Å². The molecule has 1 aliphatic carbocycles. The van der Waals surface area contributed by atoms with Crippen LogP contribution in [0.15, 0.2) is 10.5 Å². The van der Waals surface area contributed by atoms with Crippen LogP contribution in [0.5, 0.6) is 11.5 Å². The summed E-state index contributed by atoms with van der Waals surface area (Å²) in [5, 5.41) is 0. The standard InChI is InChI=1S/C14H20BrNO2/c1-9-10(14(8-16)5-4-6-14)7-11(17-2)13(18-3)12(9)15/h7H,4-6,8,16H2,1-3H3. The van der Waals surface area contributed by atoms with Crippen LogP contribution < -0.4 is 15.2 Å². The molecular formula is C14H20BrNO2. The van der Waals surface area contributed by atoms with Gasteiger partial charge in [0, 0.05) is 12.0 Å². The zero-order valence-electron chi connectivity index (χ0n) is 11.2. The summed E-state index contributed by atoms with van der Waals surface area (Å²) in [6, 6.07) is 2.09. The Bertz CT molecular complexity index is 450. The van der Waals surface area contributed by atoms with E-state index in [1.165, 1.54) is 17.5 Å². The molecule has 1 aromatic carbocycles. The molecule has 18 heavy (non-hydrogen) atoms. The van der Waals surface area contributed by atoms with Crippen molar-refractivity contribution in [3.05, 3.63) is 21.7 Å². The SMILES string of the molecule is COc1cc(C2(CN)CCC2)c(C)c(Br)c1OC. The van der Waals surface area contributed by atoms with Gasteiger partial charge in [-0.2, -0.15) is 0 Å². The molecule has 0 saturated heterocycles. The first-order chi connectivity index (χ1) is 8.59. The average molecular weight is 314 g/mol. The Hall–Kier alpha value is -0.740. The Morgan fingerprint density at radius 1 is 1.33 bits per heavy atom. The maximum atomic E-state index is 5.99. The molecule has 1 saturated carbocycles. The van der Waals surface area contributed by atoms with E-state index < -0.39 is 0 Å². The second kappa shape index (κ2) is 5.10. The van der Waals surface area contributed by atoms with Gasteiger partial charge >= 0.3 is 0 Å². The molecule has 0 spiro atoms. The van der Waals surface area contributed by atoms with Gasteiger partial charge in [-0.3, -0.25) is 0 Å². The summed E-state index contributed by atoms with van der Waals surface area (Å²) in [6.07, 6.45) is 3.57. The van der Waals surface area contributed by atoms with Crippen LogP contribution in [0.1, 0.15) is 30.4 Å². The van der Waals surface area contributed by atoms with Gasteiger partial charge in [-0.15, -0.1) is 0 Å². The monoisotopic (exact) mass is 313 g/mol. The lowest BCUT2D eigenvalue weighted by Gasteiger charge is -2.43. The van der Waals surface area contributed by atoms with Crippen molar-refractivity contribution in [3.8, 4) is 11.5 Å². The van der Waals surface area contributed by atoms with Crippen LogP contribution in [0.2, 0.25) is 0 Å². The fraction of sp³-hybridized carbons (Fsp3) is 0.571. The fourth-order valence-electron chi connectivity index (χ4n) is 2.78. The molecule has 0 atom stereocenters. The van der Waals surface area contributed by atoms with Crippen LogP contribution in [0, 0.1) is 6.92 Å². The van der Waals surface area contributed by atoms with Crippen molar-refractivity contribution in [2.75, 3.05) is 20.8 Å². The molecule has 0 unspecified atom stereocenters. The largest absolute Gasteiger partial charge is 0.493 e. The van der Waals surface area contributed by atoms with Gasteiger partial charge in [0.25, 0.3) is 0 Å². The van der Waals surface area contributed by atoms with Crippen molar-refractivity contribution in [3.63, 3.8) is 0 Å². The summed E-state index contributed by atoms with van der Waals surface area (Å²) in [6.45, 7) is 2.80. The molecule has 0 bridgehead atoms. The van der Waals surface area contributed by atoms with E-state index in [9.17, 15) is 0 Å². The topological polar surface area (TPSA) is 44.5 Å². The number of ether oxygens (including phenoxy) is 2. The lowest BCUT2D eigenvalue weighted by Crippen LogP contribution is -2.42. The molecule has 1 aromatic rings. The summed E-state index contributed by atoms with van der Waals surface area (Å²) in [5.41, 5.74) is 8.62. The Morgan fingerprint density at radius 3 is 2.39 bits per heavy atom. The van der Waals surface area contributed by atoms with Crippen LogP contribution in [-0.2, 0) is 5.41 Å². The smallest absolute Gasteiger partial charge is 0.175 e. The Morgan fingerprint density at radius 2 is 2.00 bits per heavy atom. The molecular weight excluding hydrogens is 294 g/mol. The molecule has 2 N–H and O–H groups in total. The second-order valence-corrected chi connectivity index (χ2v) is 5.73. The molecule has 0 heterocycles. The van der Waals surface area contributed by atoms with Crippen molar-refractivity contribution in [2.45, 2.75) is 31.6 Å². The van der Waals surface area contributed by atoms with Gasteiger partial charge in [-0.05, 0) is 52.9 Å². The molecule has 1 aliphatic rings. The normalized spacial score (nSPS) is 17.2. The van der Waals surface area contributed by atoms with Gasteiger partial charge in [0.2, 0.25) is 0 Å². The number of benzene rings is 1. The number of rotatable bonds is 4. The van der Waals surface area contributed by atoms with Gasteiger partial charge in [0.05, 0.1) is 18.7 Å². The molecule has 0 aliphatic heterocycles. The van der Waals surface area contributed by atoms with Gasteiger partial charge < -0.3 is 15.2 Å². The van der Waals surface area contributed by atoms with Crippen molar-refractivity contribution in [1.82, 2.24) is 0 Å². The first-order valence-corrected chi connectivity index (χ1v) is 7.00. The highest BCUT2D eigenvalue weighted by molar-refractivity contribution is 9.10. The quantitative estimate of drug-likeness (QED) is 0.928. The minimum Gasteiger partial charge on any atom is -0.493 e. The van der Waals surface area contributed by atoms with E-state index in [1.54, 1.807) is 14.2 Å². The predicted molar refractivity (Wildman–Crippen MR) is 76.6 cm³/mol. The Kier molecular flexibility index (Phi) is 3.87. The Balaban J connectivity index is 2.58. The summed E-state index contributed by atoms with van der Waals surface area (Å²) in [7, 11) is 3.32. The maximum absolute atomic E-state index is 5.99. The van der Waals surface area contributed by atoms with E-state index in [2.05, 4.69) is 28.9 Å². The van der Waals surface area contributed by atoms with Crippen molar-refractivity contribution < 1.29 is 9.47 Å². The van der Waals surface area contributed by atoms with E-state index in [-0.39, 0.29) is 5.41 Å². The van der Waals surface area contributed by atoms with Crippen LogP contribution >= 0.6 is 15.9 Å². The maximum Gasteiger partial charge on any atom is 0.175 e. The van der Waals surface area contributed by atoms with E-state index in [0.717, 1.165) is 28.8 Å². The van der Waals surface area contributed by atoms with Crippen molar-refractivity contribution >= 4 is 15.9 Å².